The topological polar surface area (TPSA) is 67.4 Å². The minimum Gasteiger partial charge on any atom is -0.361 e. The first-order valence-electron chi connectivity index (χ1n) is 9.34. The van der Waals surface area contributed by atoms with Crippen molar-refractivity contribution in [2.75, 3.05) is 26.0 Å². The quantitative estimate of drug-likeness (QED) is 0.762. The van der Waals surface area contributed by atoms with E-state index < -0.39 is 9.84 Å². The zero-order valence-corrected chi connectivity index (χ0v) is 16.5. The van der Waals surface area contributed by atoms with Gasteiger partial charge in [0.25, 0.3) is 0 Å². The van der Waals surface area contributed by atoms with Crippen LogP contribution in [-0.2, 0) is 14.6 Å². The van der Waals surface area contributed by atoms with Gasteiger partial charge < -0.3 is 10.1 Å². The molecule has 3 aliphatic rings. The van der Waals surface area contributed by atoms with Crippen molar-refractivity contribution >= 4 is 21.6 Å². The number of ether oxygens (including phenoxy) is 1. The summed E-state index contributed by atoms with van der Waals surface area (Å²) < 4.78 is 29.5. The molecule has 0 aromatic carbocycles. The molecule has 4 atom stereocenters. The van der Waals surface area contributed by atoms with Crippen LogP contribution in [0.25, 0.3) is 0 Å². The van der Waals surface area contributed by atoms with Crippen molar-refractivity contribution in [1.82, 2.24) is 10.6 Å². The second-order valence-corrected chi connectivity index (χ2v) is 11.8. The van der Waals surface area contributed by atoms with E-state index in [4.69, 9.17) is 4.74 Å². The molecule has 5 nitrogen and oxygen atoms in total. The van der Waals surface area contributed by atoms with Gasteiger partial charge in [0.15, 0.2) is 0 Å². The Bertz CT molecular complexity index is 506. The normalized spacial score (nSPS) is 41.4. The Kier molecular flexibility index (Phi) is 6.52. The summed E-state index contributed by atoms with van der Waals surface area (Å²) in [4.78, 5) is 0. The fourth-order valence-electron chi connectivity index (χ4n) is 4.29. The van der Waals surface area contributed by atoms with Crippen molar-refractivity contribution < 1.29 is 13.2 Å². The van der Waals surface area contributed by atoms with Gasteiger partial charge in [-0.25, -0.2) is 8.42 Å². The molecule has 0 spiro atoms. The van der Waals surface area contributed by atoms with E-state index in [0.29, 0.717) is 17.2 Å². The highest BCUT2D eigenvalue weighted by Crippen LogP contribution is 2.34. The maximum atomic E-state index is 11.7. The lowest BCUT2D eigenvalue weighted by atomic mass is 9.83. The van der Waals surface area contributed by atoms with E-state index in [1.165, 1.54) is 19.1 Å². The van der Waals surface area contributed by atoms with Gasteiger partial charge in [-0.1, -0.05) is 6.92 Å². The van der Waals surface area contributed by atoms with E-state index in [1.54, 1.807) is 0 Å². The summed E-state index contributed by atoms with van der Waals surface area (Å²) in [5.41, 5.74) is 0. The number of nitrogens with one attached hydrogen (secondary N) is 2. The molecule has 4 unspecified atom stereocenters. The lowest BCUT2D eigenvalue weighted by Gasteiger charge is -2.39. The van der Waals surface area contributed by atoms with E-state index >= 15 is 0 Å². The fraction of sp³-hybridized carbons (Fsp3) is 1.00. The maximum Gasteiger partial charge on any atom is 0.150 e. The van der Waals surface area contributed by atoms with Crippen LogP contribution in [-0.4, -0.2) is 62.4 Å². The highest BCUT2D eigenvalue weighted by atomic mass is 32.2. The third-order valence-electron chi connectivity index (χ3n) is 5.79. The van der Waals surface area contributed by atoms with E-state index in [0.717, 1.165) is 50.6 Å². The molecule has 1 aliphatic carbocycles. The first kappa shape index (κ1) is 19.0. The molecule has 140 valence electrons. The van der Waals surface area contributed by atoms with Crippen molar-refractivity contribution in [3.8, 4) is 0 Å². The summed E-state index contributed by atoms with van der Waals surface area (Å²) in [6, 6.07) is 0.402. The van der Waals surface area contributed by atoms with E-state index in [1.807, 2.05) is 0 Å². The monoisotopic (exact) mass is 376 g/mol. The molecular weight excluding hydrogens is 344 g/mol. The van der Waals surface area contributed by atoms with E-state index in [-0.39, 0.29) is 11.5 Å². The maximum absolute atomic E-state index is 11.7. The average Bonchev–Trinajstić information content (AvgIpc) is 2.98. The summed E-state index contributed by atoms with van der Waals surface area (Å²) in [6.45, 7) is 4.96. The minimum absolute atomic E-state index is 0.0906. The van der Waals surface area contributed by atoms with Crippen molar-refractivity contribution in [2.24, 2.45) is 5.92 Å². The van der Waals surface area contributed by atoms with Crippen LogP contribution in [0.3, 0.4) is 0 Å². The molecule has 0 bridgehead atoms. The zero-order valence-electron chi connectivity index (χ0n) is 14.9. The van der Waals surface area contributed by atoms with Gasteiger partial charge in [-0.2, -0.15) is 11.8 Å². The third-order valence-corrected chi connectivity index (χ3v) is 8.93. The number of hydrogen-bond donors (Lipinski definition) is 2. The number of thioether (sulfide) groups is 1. The first-order valence-corrected chi connectivity index (χ1v) is 12.2. The molecule has 0 radical (unpaired) electrons. The lowest BCUT2D eigenvalue weighted by molar-refractivity contribution is -0.000196. The Hall–Kier alpha value is 0.180. The van der Waals surface area contributed by atoms with E-state index in [9.17, 15) is 8.42 Å². The van der Waals surface area contributed by atoms with Gasteiger partial charge in [0, 0.05) is 35.9 Å². The SMILES string of the molecule is CC1CCC(COC2CNCC(C3CCC(S(C)(=O)=O)CC3)N2)S1. The van der Waals surface area contributed by atoms with E-state index in [2.05, 4.69) is 29.3 Å². The number of piperazine rings is 1. The molecule has 0 amide bonds. The number of sulfone groups is 1. The van der Waals surface area contributed by atoms with Crippen LogP contribution in [0, 0.1) is 5.92 Å². The van der Waals surface area contributed by atoms with Crippen LogP contribution in [0.2, 0.25) is 0 Å². The number of rotatable bonds is 5. The molecule has 0 aromatic rings. The fourth-order valence-corrected chi connectivity index (χ4v) is 6.77. The molecule has 3 rings (SSSR count). The molecule has 2 aliphatic heterocycles. The highest BCUT2D eigenvalue weighted by Gasteiger charge is 2.34. The molecule has 7 heteroatoms. The van der Waals surface area contributed by atoms with Crippen LogP contribution in [0.1, 0.15) is 45.4 Å². The molecule has 2 N–H and O–H groups in total. The van der Waals surface area contributed by atoms with Crippen LogP contribution < -0.4 is 10.6 Å². The molecular formula is C17H32N2O3S2. The van der Waals surface area contributed by atoms with Gasteiger partial charge in [-0.15, -0.1) is 0 Å². The Labute approximate surface area is 151 Å². The zero-order chi connectivity index (χ0) is 17.2. The Morgan fingerprint density at radius 1 is 1.08 bits per heavy atom. The second kappa shape index (κ2) is 8.25. The van der Waals surface area contributed by atoms with Gasteiger partial charge in [0.05, 0.1) is 11.9 Å². The average molecular weight is 377 g/mol. The van der Waals surface area contributed by atoms with Gasteiger partial charge in [-0.05, 0) is 44.4 Å². The first-order chi connectivity index (χ1) is 11.4. The lowest BCUT2D eigenvalue weighted by Crippen LogP contribution is -2.59. The van der Waals surface area contributed by atoms with Gasteiger partial charge in [-0.3, -0.25) is 5.32 Å². The van der Waals surface area contributed by atoms with Gasteiger partial charge >= 0.3 is 0 Å². The van der Waals surface area contributed by atoms with Crippen molar-refractivity contribution in [3.05, 3.63) is 0 Å². The summed E-state index contributed by atoms with van der Waals surface area (Å²) in [5.74, 6) is 0.558. The molecule has 24 heavy (non-hydrogen) atoms. The molecule has 2 heterocycles. The van der Waals surface area contributed by atoms with Crippen LogP contribution >= 0.6 is 11.8 Å². The highest BCUT2D eigenvalue weighted by molar-refractivity contribution is 8.00. The third kappa shape index (κ3) is 5.10. The van der Waals surface area contributed by atoms with Crippen molar-refractivity contribution in [3.63, 3.8) is 0 Å². The predicted molar refractivity (Wildman–Crippen MR) is 100 cm³/mol. The molecule has 2 saturated heterocycles. The molecule has 3 fully saturated rings. The summed E-state index contributed by atoms with van der Waals surface area (Å²) in [5, 5.41) is 8.46. The Balaban J connectivity index is 1.42. The summed E-state index contributed by atoms with van der Waals surface area (Å²) >= 11 is 2.06. The van der Waals surface area contributed by atoms with Gasteiger partial charge in [0.1, 0.15) is 16.1 Å². The minimum atomic E-state index is -2.88. The Morgan fingerprint density at radius 3 is 2.46 bits per heavy atom. The van der Waals surface area contributed by atoms with Crippen molar-refractivity contribution in [2.45, 2.75) is 73.5 Å². The smallest absolute Gasteiger partial charge is 0.150 e. The van der Waals surface area contributed by atoms with Crippen LogP contribution in [0.15, 0.2) is 0 Å². The van der Waals surface area contributed by atoms with Crippen LogP contribution in [0.5, 0.6) is 0 Å². The largest absolute Gasteiger partial charge is 0.361 e. The predicted octanol–water partition coefficient (Wildman–Crippen LogP) is 1.78. The standard InChI is InChI=1S/C17H32N2O3S2/c1-12-3-6-14(23-12)11-22-17-10-18-9-16(19-17)13-4-7-15(8-5-13)24(2,20)21/h12-19H,3-11H2,1-2H3. The second-order valence-electron chi connectivity index (χ2n) is 7.77. The molecule has 1 saturated carbocycles. The molecule has 0 aromatic heterocycles. The van der Waals surface area contributed by atoms with Crippen LogP contribution in [0.4, 0.5) is 0 Å². The van der Waals surface area contributed by atoms with Crippen molar-refractivity contribution in [1.29, 1.82) is 0 Å². The Morgan fingerprint density at radius 2 is 1.83 bits per heavy atom. The summed E-state index contributed by atoms with van der Waals surface area (Å²) in [7, 11) is -2.88. The van der Waals surface area contributed by atoms with Gasteiger partial charge in [0.2, 0.25) is 0 Å². The summed E-state index contributed by atoms with van der Waals surface area (Å²) in [6.07, 6.45) is 7.66. The number of hydrogen-bond acceptors (Lipinski definition) is 6.